The first-order valence-electron chi connectivity index (χ1n) is 10.7. The molecule has 0 aromatic rings. The van der Waals surface area contributed by atoms with Gasteiger partial charge in [0.1, 0.15) is 0 Å². The van der Waals surface area contributed by atoms with Gasteiger partial charge >= 0.3 is 0 Å². The van der Waals surface area contributed by atoms with Crippen LogP contribution in [0.15, 0.2) is 0 Å². The second-order valence-electron chi connectivity index (χ2n) is 8.70. The Morgan fingerprint density at radius 1 is 1.08 bits per heavy atom. The highest BCUT2D eigenvalue weighted by Gasteiger charge is 2.49. The first-order valence-corrected chi connectivity index (χ1v) is 10.7. The fourth-order valence-electron chi connectivity index (χ4n) is 4.54. The molecule has 1 aliphatic rings. The van der Waals surface area contributed by atoms with Gasteiger partial charge in [-0.3, -0.25) is 0 Å². The highest BCUT2D eigenvalue weighted by Crippen LogP contribution is 2.43. The fraction of sp³-hybridized carbons (Fsp3) is 1.00. The number of aliphatic hydroxyl groups is 1. The van der Waals surface area contributed by atoms with E-state index in [1.807, 2.05) is 0 Å². The molecule has 25 heavy (non-hydrogen) atoms. The van der Waals surface area contributed by atoms with Gasteiger partial charge in [-0.15, -0.1) is 0 Å². The third-order valence-corrected chi connectivity index (χ3v) is 7.30. The van der Waals surface area contributed by atoms with Crippen molar-refractivity contribution in [3.05, 3.63) is 0 Å². The summed E-state index contributed by atoms with van der Waals surface area (Å²) in [6.07, 6.45) is 4.37. The maximum absolute atomic E-state index is 10.6. The Labute approximate surface area is 156 Å². The summed E-state index contributed by atoms with van der Waals surface area (Å²) in [5.74, 6) is 2.45. The number of ether oxygens (including phenoxy) is 2. The van der Waals surface area contributed by atoms with Crippen LogP contribution in [-0.4, -0.2) is 36.1 Å². The third-order valence-electron chi connectivity index (χ3n) is 7.30. The lowest BCUT2D eigenvalue weighted by atomic mass is 9.79. The van der Waals surface area contributed by atoms with E-state index in [9.17, 15) is 5.11 Å². The third kappa shape index (κ3) is 5.43. The molecule has 0 spiro atoms. The Kier molecular flexibility index (Phi) is 9.42. The summed E-state index contributed by atoms with van der Waals surface area (Å²) in [5.41, 5.74) is -0.190. The lowest BCUT2D eigenvalue weighted by Crippen LogP contribution is -2.41. The second-order valence-corrected chi connectivity index (χ2v) is 8.70. The van der Waals surface area contributed by atoms with Crippen molar-refractivity contribution in [1.82, 2.24) is 0 Å². The van der Waals surface area contributed by atoms with Crippen molar-refractivity contribution in [2.75, 3.05) is 13.2 Å². The van der Waals surface area contributed by atoms with Gasteiger partial charge in [0, 0.05) is 0 Å². The van der Waals surface area contributed by atoms with Crippen LogP contribution in [0.25, 0.3) is 0 Å². The number of hydrogen-bond acceptors (Lipinski definition) is 3. The summed E-state index contributed by atoms with van der Waals surface area (Å²) in [5, 5.41) is 10.6. The van der Waals surface area contributed by atoms with Crippen molar-refractivity contribution in [3.63, 3.8) is 0 Å². The van der Waals surface area contributed by atoms with Crippen molar-refractivity contribution in [3.8, 4) is 0 Å². The molecule has 0 aromatic heterocycles. The van der Waals surface area contributed by atoms with E-state index in [1.165, 1.54) is 12.8 Å². The molecule has 0 radical (unpaired) electrons. The molecular weight excluding hydrogens is 312 g/mol. The molecule has 1 N–H and O–H groups in total. The van der Waals surface area contributed by atoms with Gasteiger partial charge in [-0.25, -0.2) is 0 Å². The normalized spacial score (nSPS) is 34.7. The molecule has 0 saturated carbocycles. The predicted octanol–water partition coefficient (Wildman–Crippen LogP) is 5.30. The van der Waals surface area contributed by atoms with Crippen molar-refractivity contribution in [2.24, 2.45) is 29.6 Å². The molecule has 150 valence electrons. The Hall–Kier alpha value is -0.120. The highest BCUT2D eigenvalue weighted by molar-refractivity contribution is 4.97. The van der Waals surface area contributed by atoms with Crippen LogP contribution in [0.4, 0.5) is 0 Å². The quantitative estimate of drug-likeness (QED) is 0.546. The fourth-order valence-corrected chi connectivity index (χ4v) is 4.54. The van der Waals surface area contributed by atoms with Crippen LogP contribution >= 0.6 is 0 Å². The summed E-state index contributed by atoms with van der Waals surface area (Å²) >= 11 is 0. The summed E-state index contributed by atoms with van der Waals surface area (Å²) < 4.78 is 12.4. The van der Waals surface area contributed by atoms with Gasteiger partial charge in [0.15, 0.2) is 0 Å². The molecule has 2 unspecified atom stereocenters. The van der Waals surface area contributed by atoms with Gasteiger partial charge in [-0.1, -0.05) is 68.2 Å². The first-order chi connectivity index (χ1) is 11.7. The van der Waals surface area contributed by atoms with Crippen LogP contribution in [0.3, 0.4) is 0 Å². The lowest BCUT2D eigenvalue weighted by Gasteiger charge is -2.34. The van der Waals surface area contributed by atoms with E-state index in [4.69, 9.17) is 9.47 Å². The van der Waals surface area contributed by atoms with Gasteiger partial charge in [0.25, 0.3) is 0 Å². The van der Waals surface area contributed by atoms with E-state index in [1.54, 1.807) is 0 Å². The maximum Gasteiger partial charge on any atom is 0.0944 e. The Balaban J connectivity index is 2.54. The summed E-state index contributed by atoms with van der Waals surface area (Å²) in [7, 11) is 0. The van der Waals surface area contributed by atoms with Gasteiger partial charge < -0.3 is 14.6 Å². The summed E-state index contributed by atoms with van der Waals surface area (Å²) in [4.78, 5) is 0. The van der Waals surface area contributed by atoms with Gasteiger partial charge in [-0.05, 0) is 42.4 Å². The molecule has 1 aliphatic heterocycles. The van der Waals surface area contributed by atoms with E-state index in [0.717, 1.165) is 12.8 Å². The van der Waals surface area contributed by atoms with Crippen molar-refractivity contribution in [1.29, 1.82) is 0 Å². The molecular formula is C22H44O3. The average Bonchev–Trinajstić information content (AvgIpc) is 2.85. The van der Waals surface area contributed by atoms with Crippen molar-refractivity contribution < 1.29 is 14.6 Å². The minimum atomic E-state index is -0.403. The molecule has 1 rings (SSSR count). The van der Waals surface area contributed by atoms with E-state index < -0.39 is 6.10 Å². The van der Waals surface area contributed by atoms with Crippen LogP contribution in [0.5, 0.6) is 0 Å². The molecule has 0 bridgehead atoms. The Morgan fingerprint density at radius 3 is 2.20 bits per heavy atom. The smallest absolute Gasteiger partial charge is 0.0944 e. The lowest BCUT2D eigenvalue weighted by molar-refractivity contribution is -0.121. The second kappa shape index (κ2) is 10.3. The molecule has 1 heterocycles. The number of rotatable bonds is 11. The zero-order valence-electron chi connectivity index (χ0n) is 18.0. The molecule has 3 heteroatoms. The number of hydrogen-bond donors (Lipinski definition) is 1. The van der Waals surface area contributed by atoms with E-state index in [0.29, 0.717) is 43.0 Å². The summed E-state index contributed by atoms with van der Waals surface area (Å²) in [6.45, 7) is 18.9. The predicted molar refractivity (Wildman–Crippen MR) is 106 cm³/mol. The Bertz CT molecular complexity index is 372. The molecule has 1 saturated heterocycles. The zero-order valence-corrected chi connectivity index (χ0v) is 18.0. The average molecular weight is 357 g/mol. The van der Waals surface area contributed by atoms with E-state index in [2.05, 4.69) is 55.4 Å². The van der Waals surface area contributed by atoms with Crippen LogP contribution in [0.2, 0.25) is 0 Å². The van der Waals surface area contributed by atoms with Crippen LogP contribution in [0, 0.1) is 29.6 Å². The van der Waals surface area contributed by atoms with Gasteiger partial charge in [0.2, 0.25) is 0 Å². The SMILES string of the molecule is CCC[C@@H](C)[C@@H](C)C(C)[C@H](O)COC[C@]1(CC)O[C@H](CC)[C@H](C)C1C. The molecule has 0 amide bonds. The molecule has 8 atom stereocenters. The minimum Gasteiger partial charge on any atom is -0.390 e. The molecule has 0 aromatic carbocycles. The monoisotopic (exact) mass is 356 g/mol. The van der Waals surface area contributed by atoms with Gasteiger partial charge in [-0.2, -0.15) is 0 Å². The topological polar surface area (TPSA) is 38.7 Å². The van der Waals surface area contributed by atoms with Crippen molar-refractivity contribution in [2.45, 2.75) is 98.9 Å². The Morgan fingerprint density at radius 2 is 1.72 bits per heavy atom. The standard InChI is InChI=1S/C22H44O3/c1-9-12-15(4)16(5)17(6)20(23)13-24-14-22(11-3)19(8)18(7)21(10-2)25-22/h15-21,23H,9-14H2,1-8H3/t15-,16-,17?,18-,19?,20-,21-,22+/m1/s1. The molecule has 0 aliphatic carbocycles. The van der Waals surface area contributed by atoms with Gasteiger partial charge in [0.05, 0.1) is 31.0 Å². The van der Waals surface area contributed by atoms with Crippen LogP contribution in [-0.2, 0) is 9.47 Å². The summed E-state index contributed by atoms with van der Waals surface area (Å²) in [6, 6.07) is 0. The highest BCUT2D eigenvalue weighted by atomic mass is 16.6. The zero-order chi connectivity index (χ0) is 19.2. The largest absolute Gasteiger partial charge is 0.390 e. The van der Waals surface area contributed by atoms with Crippen LogP contribution < -0.4 is 0 Å². The molecule has 1 fully saturated rings. The van der Waals surface area contributed by atoms with Crippen molar-refractivity contribution >= 4 is 0 Å². The van der Waals surface area contributed by atoms with E-state index in [-0.39, 0.29) is 11.5 Å². The molecule has 3 nitrogen and oxygen atoms in total. The maximum atomic E-state index is 10.6. The van der Waals surface area contributed by atoms with E-state index >= 15 is 0 Å². The minimum absolute atomic E-state index is 0.190. The number of aliphatic hydroxyl groups excluding tert-OH is 1. The first kappa shape index (κ1) is 22.9. The van der Waals surface area contributed by atoms with Crippen LogP contribution in [0.1, 0.15) is 81.1 Å².